The lowest BCUT2D eigenvalue weighted by Gasteiger charge is -2.33. The first-order valence-corrected chi connectivity index (χ1v) is 14.8. The molecule has 0 spiro atoms. The van der Waals surface area contributed by atoms with Crippen molar-refractivity contribution in [1.82, 2.24) is 10.2 Å². The van der Waals surface area contributed by atoms with Gasteiger partial charge in [-0.3, -0.25) is 13.9 Å². The van der Waals surface area contributed by atoms with Crippen LogP contribution in [0.5, 0.6) is 11.5 Å². The SMILES string of the molecule is CCCCNC(=O)[C@H](CC)N(Cc1ccc(Cl)cc1Cl)C(=O)CN(c1ccc(OC)cc1OC)S(C)(=O)=O. The van der Waals surface area contributed by atoms with Gasteiger partial charge in [0, 0.05) is 29.2 Å². The average molecular weight is 589 g/mol. The van der Waals surface area contributed by atoms with E-state index in [1.54, 1.807) is 31.2 Å². The van der Waals surface area contributed by atoms with Gasteiger partial charge in [0.2, 0.25) is 21.8 Å². The molecule has 2 rings (SSSR count). The maximum Gasteiger partial charge on any atom is 0.244 e. The van der Waals surface area contributed by atoms with Crippen molar-refractivity contribution in [2.45, 2.75) is 45.7 Å². The van der Waals surface area contributed by atoms with Gasteiger partial charge in [0.1, 0.15) is 24.1 Å². The Bertz CT molecular complexity index is 1230. The number of unbranched alkanes of at least 4 members (excludes halogenated alkanes) is 1. The lowest BCUT2D eigenvalue weighted by molar-refractivity contribution is -0.140. The smallest absolute Gasteiger partial charge is 0.244 e. The predicted molar refractivity (Wildman–Crippen MR) is 151 cm³/mol. The highest BCUT2D eigenvalue weighted by atomic mass is 35.5. The lowest BCUT2D eigenvalue weighted by Crippen LogP contribution is -2.52. The number of benzene rings is 2. The van der Waals surface area contributed by atoms with Crippen LogP contribution in [0.4, 0.5) is 5.69 Å². The van der Waals surface area contributed by atoms with E-state index < -0.39 is 28.5 Å². The first-order chi connectivity index (χ1) is 18.0. The minimum Gasteiger partial charge on any atom is -0.497 e. The molecular weight excluding hydrogens is 553 g/mol. The molecular formula is C26H35Cl2N3O6S. The number of carbonyl (C=O) groups is 2. The summed E-state index contributed by atoms with van der Waals surface area (Å²) in [7, 11) is -1.07. The second-order valence-corrected chi connectivity index (χ2v) is 11.4. The number of anilines is 1. The van der Waals surface area contributed by atoms with Gasteiger partial charge in [0.15, 0.2) is 0 Å². The van der Waals surface area contributed by atoms with Crippen LogP contribution in [-0.2, 0) is 26.2 Å². The molecule has 0 aromatic heterocycles. The van der Waals surface area contributed by atoms with Crippen molar-refractivity contribution in [3.05, 3.63) is 52.0 Å². The summed E-state index contributed by atoms with van der Waals surface area (Å²) in [4.78, 5) is 28.3. The van der Waals surface area contributed by atoms with E-state index in [0.717, 1.165) is 23.4 Å². The van der Waals surface area contributed by atoms with Crippen molar-refractivity contribution < 1.29 is 27.5 Å². The molecule has 210 valence electrons. The fraction of sp³-hybridized carbons (Fsp3) is 0.462. The van der Waals surface area contributed by atoms with E-state index in [4.69, 9.17) is 32.7 Å². The lowest BCUT2D eigenvalue weighted by atomic mass is 10.1. The fourth-order valence-electron chi connectivity index (χ4n) is 3.84. The zero-order valence-electron chi connectivity index (χ0n) is 22.3. The number of halogens is 2. The Balaban J connectivity index is 2.51. The van der Waals surface area contributed by atoms with E-state index in [1.807, 2.05) is 6.92 Å². The molecule has 0 heterocycles. The Kier molecular flexibility index (Phi) is 12.0. The summed E-state index contributed by atoms with van der Waals surface area (Å²) in [5.41, 5.74) is 0.728. The maximum absolute atomic E-state index is 13.8. The van der Waals surface area contributed by atoms with Gasteiger partial charge in [-0.05, 0) is 42.7 Å². The summed E-state index contributed by atoms with van der Waals surface area (Å²) in [6.07, 6.45) is 2.99. The first kappa shape index (κ1) is 31.5. The van der Waals surface area contributed by atoms with Crippen molar-refractivity contribution in [2.24, 2.45) is 0 Å². The third kappa shape index (κ3) is 8.41. The zero-order chi connectivity index (χ0) is 28.5. The van der Waals surface area contributed by atoms with Gasteiger partial charge < -0.3 is 19.7 Å². The Labute approximate surface area is 235 Å². The predicted octanol–water partition coefficient (Wildman–Crippen LogP) is 4.50. The van der Waals surface area contributed by atoms with Gasteiger partial charge >= 0.3 is 0 Å². The summed E-state index contributed by atoms with van der Waals surface area (Å²) in [5.74, 6) is -0.248. The van der Waals surface area contributed by atoms with Crippen molar-refractivity contribution in [1.29, 1.82) is 0 Å². The van der Waals surface area contributed by atoms with Crippen molar-refractivity contribution in [3.63, 3.8) is 0 Å². The summed E-state index contributed by atoms with van der Waals surface area (Å²) in [6, 6.07) is 8.60. The van der Waals surface area contributed by atoms with Crippen LogP contribution in [-0.4, -0.2) is 64.7 Å². The normalized spacial score (nSPS) is 12.0. The molecule has 12 heteroatoms. The number of hydrogen-bond acceptors (Lipinski definition) is 6. The molecule has 0 radical (unpaired) electrons. The summed E-state index contributed by atoms with van der Waals surface area (Å²) in [6.45, 7) is 3.68. The van der Waals surface area contributed by atoms with E-state index >= 15 is 0 Å². The molecule has 0 fully saturated rings. The van der Waals surface area contributed by atoms with E-state index in [1.165, 1.54) is 31.3 Å². The maximum atomic E-state index is 13.8. The summed E-state index contributed by atoms with van der Waals surface area (Å²) >= 11 is 12.4. The fourth-order valence-corrected chi connectivity index (χ4v) is 5.17. The number of nitrogens with one attached hydrogen (secondary N) is 1. The average Bonchev–Trinajstić information content (AvgIpc) is 2.87. The Morgan fingerprint density at radius 2 is 1.76 bits per heavy atom. The molecule has 2 amide bonds. The van der Waals surface area contributed by atoms with Crippen LogP contribution in [0.25, 0.3) is 0 Å². The number of rotatable bonds is 14. The van der Waals surface area contributed by atoms with Crippen LogP contribution in [0.3, 0.4) is 0 Å². The molecule has 2 aromatic carbocycles. The molecule has 38 heavy (non-hydrogen) atoms. The Morgan fingerprint density at radius 3 is 2.32 bits per heavy atom. The molecule has 0 aliphatic rings. The molecule has 0 bridgehead atoms. The van der Waals surface area contributed by atoms with Crippen LogP contribution in [0.1, 0.15) is 38.7 Å². The van der Waals surface area contributed by atoms with E-state index in [0.29, 0.717) is 34.3 Å². The molecule has 0 aliphatic heterocycles. The standard InChI is InChI=1S/C26H35Cl2N3O6S/c1-6-8-13-29-26(33)22(7-2)30(16-18-9-10-19(27)14-21(18)28)25(32)17-31(38(5,34)35)23-12-11-20(36-3)15-24(23)37-4/h9-12,14-15,22H,6-8,13,16-17H2,1-5H3,(H,29,33)/t22-/m0/s1. The molecule has 9 nitrogen and oxygen atoms in total. The van der Waals surface area contributed by atoms with Gasteiger partial charge in [-0.1, -0.05) is 49.5 Å². The van der Waals surface area contributed by atoms with E-state index in [9.17, 15) is 18.0 Å². The third-order valence-electron chi connectivity index (χ3n) is 5.91. The van der Waals surface area contributed by atoms with Crippen molar-refractivity contribution >= 4 is 50.7 Å². The number of carbonyl (C=O) groups excluding carboxylic acids is 2. The van der Waals surface area contributed by atoms with Gasteiger partial charge in [-0.25, -0.2) is 8.42 Å². The number of ether oxygens (including phenoxy) is 2. The number of amides is 2. The first-order valence-electron chi connectivity index (χ1n) is 12.2. The number of sulfonamides is 1. The third-order valence-corrected chi connectivity index (χ3v) is 7.62. The number of nitrogens with zero attached hydrogens (tertiary/aromatic N) is 2. The van der Waals surface area contributed by atoms with Crippen LogP contribution in [0, 0.1) is 0 Å². The van der Waals surface area contributed by atoms with Gasteiger partial charge in [0.25, 0.3) is 0 Å². The highest BCUT2D eigenvalue weighted by Crippen LogP contribution is 2.34. The van der Waals surface area contributed by atoms with E-state index in [-0.39, 0.29) is 23.9 Å². The summed E-state index contributed by atoms with van der Waals surface area (Å²) in [5, 5.41) is 3.63. The van der Waals surface area contributed by atoms with Gasteiger partial charge in [0.05, 0.1) is 26.2 Å². The highest BCUT2D eigenvalue weighted by Gasteiger charge is 2.33. The van der Waals surface area contributed by atoms with Gasteiger partial charge in [-0.15, -0.1) is 0 Å². The number of hydrogen-bond donors (Lipinski definition) is 1. The summed E-state index contributed by atoms with van der Waals surface area (Å²) < 4.78 is 37.3. The molecule has 0 saturated carbocycles. The molecule has 2 aromatic rings. The molecule has 1 N–H and O–H groups in total. The molecule has 1 atom stereocenters. The number of methoxy groups -OCH3 is 2. The van der Waals surface area contributed by atoms with Gasteiger partial charge in [-0.2, -0.15) is 0 Å². The quantitative estimate of drug-likeness (QED) is 0.326. The van der Waals surface area contributed by atoms with Crippen LogP contribution < -0.4 is 19.1 Å². The monoisotopic (exact) mass is 587 g/mol. The topological polar surface area (TPSA) is 105 Å². The van der Waals surface area contributed by atoms with Crippen molar-refractivity contribution in [2.75, 3.05) is 37.9 Å². The largest absolute Gasteiger partial charge is 0.497 e. The van der Waals surface area contributed by atoms with Crippen molar-refractivity contribution in [3.8, 4) is 11.5 Å². The zero-order valence-corrected chi connectivity index (χ0v) is 24.6. The van der Waals surface area contributed by atoms with Crippen LogP contribution >= 0.6 is 23.2 Å². The Hall–Kier alpha value is -2.69. The molecule has 0 saturated heterocycles. The molecule has 0 aliphatic carbocycles. The highest BCUT2D eigenvalue weighted by molar-refractivity contribution is 7.92. The molecule has 0 unspecified atom stereocenters. The van der Waals surface area contributed by atoms with E-state index in [2.05, 4.69) is 5.32 Å². The second-order valence-electron chi connectivity index (χ2n) is 8.63. The van der Waals surface area contributed by atoms with Crippen LogP contribution in [0.15, 0.2) is 36.4 Å². The van der Waals surface area contributed by atoms with Crippen LogP contribution in [0.2, 0.25) is 10.0 Å². The second kappa shape index (κ2) is 14.5. The minimum atomic E-state index is -3.93. The Morgan fingerprint density at radius 1 is 1.05 bits per heavy atom. The minimum absolute atomic E-state index is 0.0219.